The van der Waals surface area contributed by atoms with Crippen LogP contribution in [0.1, 0.15) is 43.1 Å². The van der Waals surface area contributed by atoms with Gasteiger partial charge in [0, 0.05) is 30.3 Å². The summed E-state index contributed by atoms with van der Waals surface area (Å²) in [5.41, 5.74) is 0.769. The van der Waals surface area contributed by atoms with Crippen molar-refractivity contribution in [1.29, 1.82) is 0 Å². The predicted molar refractivity (Wildman–Crippen MR) is 72.1 cm³/mol. The maximum Gasteiger partial charge on any atom is 0.270 e. The van der Waals surface area contributed by atoms with Gasteiger partial charge in [-0.2, -0.15) is 0 Å². The Bertz CT molecular complexity index is 408. The number of amides is 1. The second-order valence-corrected chi connectivity index (χ2v) is 5.60. The van der Waals surface area contributed by atoms with Crippen molar-refractivity contribution in [1.82, 2.24) is 9.47 Å². The van der Waals surface area contributed by atoms with Gasteiger partial charge >= 0.3 is 0 Å². The molecule has 1 fully saturated rings. The maximum absolute atomic E-state index is 12.5. The highest BCUT2D eigenvalue weighted by Gasteiger charge is 2.27. The molecule has 4 heteroatoms. The Morgan fingerprint density at radius 2 is 2.18 bits per heavy atom. The first-order valence-electron chi connectivity index (χ1n) is 6.26. The lowest BCUT2D eigenvalue weighted by Gasteiger charge is -2.27. The molecule has 0 spiro atoms. The third-order valence-corrected chi connectivity index (χ3v) is 3.99. The van der Waals surface area contributed by atoms with Crippen LogP contribution in [0, 0.1) is 0 Å². The van der Waals surface area contributed by atoms with Crippen LogP contribution in [0.15, 0.2) is 16.7 Å². The van der Waals surface area contributed by atoms with Gasteiger partial charge in [-0.25, -0.2) is 0 Å². The topological polar surface area (TPSA) is 25.2 Å². The minimum Gasteiger partial charge on any atom is -0.345 e. The fraction of sp³-hybridized carbons (Fsp3) is 0.615. The molecule has 0 saturated heterocycles. The average Bonchev–Trinajstić information content (AvgIpc) is 2.89. The molecule has 0 bridgehead atoms. The number of carbonyl (C=O) groups is 1. The Kier molecular flexibility index (Phi) is 3.92. The molecule has 1 aromatic rings. The van der Waals surface area contributed by atoms with Crippen LogP contribution in [0.2, 0.25) is 0 Å². The Morgan fingerprint density at radius 3 is 2.65 bits per heavy atom. The van der Waals surface area contributed by atoms with Crippen LogP contribution in [-0.4, -0.2) is 28.0 Å². The van der Waals surface area contributed by atoms with Gasteiger partial charge in [0.05, 0.1) is 0 Å². The minimum atomic E-state index is 0.160. The number of hydrogen-bond acceptors (Lipinski definition) is 1. The molecule has 1 aliphatic rings. The van der Waals surface area contributed by atoms with Crippen molar-refractivity contribution in [3.05, 3.63) is 22.4 Å². The molecule has 2 rings (SSSR count). The lowest BCUT2D eigenvalue weighted by Crippen LogP contribution is -2.39. The molecule has 3 nitrogen and oxygen atoms in total. The molecule has 0 N–H and O–H groups in total. The molecular weight excluding hydrogens is 280 g/mol. The summed E-state index contributed by atoms with van der Waals surface area (Å²) in [4.78, 5) is 14.5. The predicted octanol–water partition coefficient (Wildman–Crippen LogP) is 3.19. The first-order valence-corrected chi connectivity index (χ1v) is 7.05. The summed E-state index contributed by atoms with van der Waals surface area (Å²) in [6.45, 7) is 2.86. The smallest absolute Gasteiger partial charge is 0.270 e. The highest BCUT2D eigenvalue weighted by molar-refractivity contribution is 9.10. The van der Waals surface area contributed by atoms with E-state index < -0.39 is 0 Å². The maximum atomic E-state index is 12.5. The largest absolute Gasteiger partial charge is 0.345 e. The summed E-state index contributed by atoms with van der Waals surface area (Å²) in [6.07, 6.45) is 6.75. The van der Waals surface area contributed by atoms with Crippen LogP contribution in [0.5, 0.6) is 0 Å². The van der Waals surface area contributed by atoms with E-state index >= 15 is 0 Å². The zero-order valence-corrected chi connectivity index (χ0v) is 12.0. The molecule has 17 heavy (non-hydrogen) atoms. The SMILES string of the molecule is CCN(C(=O)c1cc(Br)cn1C)C1CCCC1. The monoisotopic (exact) mass is 298 g/mol. The highest BCUT2D eigenvalue weighted by atomic mass is 79.9. The average molecular weight is 299 g/mol. The molecule has 1 heterocycles. The van der Waals surface area contributed by atoms with Crippen molar-refractivity contribution in [2.45, 2.75) is 38.6 Å². The van der Waals surface area contributed by atoms with E-state index in [9.17, 15) is 4.79 Å². The van der Waals surface area contributed by atoms with E-state index in [1.807, 2.05) is 28.8 Å². The van der Waals surface area contributed by atoms with Crippen LogP contribution in [0.4, 0.5) is 0 Å². The second kappa shape index (κ2) is 5.25. The molecule has 0 aliphatic heterocycles. The van der Waals surface area contributed by atoms with Gasteiger partial charge in [-0.05, 0) is 41.8 Å². The summed E-state index contributed by atoms with van der Waals surface area (Å²) in [5, 5.41) is 0. The van der Waals surface area contributed by atoms with E-state index in [1.165, 1.54) is 12.8 Å². The number of hydrogen-bond donors (Lipinski definition) is 0. The quantitative estimate of drug-likeness (QED) is 0.841. The second-order valence-electron chi connectivity index (χ2n) is 4.68. The van der Waals surface area contributed by atoms with Gasteiger partial charge in [0.15, 0.2) is 0 Å². The van der Waals surface area contributed by atoms with Crippen LogP contribution < -0.4 is 0 Å². The fourth-order valence-electron chi connectivity index (χ4n) is 2.67. The Labute approximate surface area is 111 Å². The van der Waals surface area contributed by atoms with Crippen molar-refractivity contribution >= 4 is 21.8 Å². The third kappa shape index (κ3) is 2.57. The van der Waals surface area contributed by atoms with Crippen LogP contribution in [0.25, 0.3) is 0 Å². The zero-order valence-electron chi connectivity index (χ0n) is 10.4. The molecule has 1 aromatic heterocycles. The number of halogens is 1. The van der Waals surface area contributed by atoms with Gasteiger partial charge in [0.25, 0.3) is 5.91 Å². The molecule has 1 amide bonds. The molecule has 0 aromatic carbocycles. The summed E-state index contributed by atoms with van der Waals surface area (Å²) in [6, 6.07) is 2.35. The highest BCUT2D eigenvalue weighted by Crippen LogP contribution is 2.25. The molecule has 1 saturated carbocycles. The molecule has 94 valence electrons. The summed E-state index contributed by atoms with van der Waals surface area (Å²) >= 11 is 3.41. The van der Waals surface area contributed by atoms with Gasteiger partial charge < -0.3 is 9.47 Å². The van der Waals surface area contributed by atoms with E-state index in [0.29, 0.717) is 6.04 Å². The van der Waals surface area contributed by atoms with E-state index in [0.717, 1.165) is 29.6 Å². The van der Waals surface area contributed by atoms with Gasteiger partial charge in [-0.15, -0.1) is 0 Å². The van der Waals surface area contributed by atoms with E-state index in [-0.39, 0.29) is 5.91 Å². The lowest BCUT2D eigenvalue weighted by molar-refractivity contribution is 0.0684. The third-order valence-electron chi connectivity index (χ3n) is 3.56. The van der Waals surface area contributed by atoms with Gasteiger partial charge in [-0.3, -0.25) is 4.79 Å². The van der Waals surface area contributed by atoms with Gasteiger partial charge in [0.2, 0.25) is 0 Å². The number of carbonyl (C=O) groups excluding carboxylic acids is 1. The van der Waals surface area contributed by atoms with Crippen molar-refractivity contribution in [2.24, 2.45) is 7.05 Å². The molecule has 0 atom stereocenters. The number of nitrogens with zero attached hydrogens (tertiary/aromatic N) is 2. The zero-order chi connectivity index (χ0) is 12.4. The van der Waals surface area contributed by atoms with Crippen molar-refractivity contribution in [3.63, 3.8) is 0 Å². The van der Waals surface area contributed by atoms with E-state index in [2.05, 4.69) is 22.9 Å². The van der Waals surface area contributed by atoms with Crippen molar-refractivity contribution < 1.29 is 4.79 Å². The summed E-state index contributed by atoms with van der Waals surface area (Å²) in [7, 11) is 1.92. The van der Waals surface area contributed by atoms with Crippen molar-refractivity contribution in [3.8, 4) is 0 Å². The summed E-state index contributed by atoms with van der Waals surface area (Å²) in [5.74, 6) is 0.160. The lowest BCUT2D eigenvalue weighted by atomic mass is 10.2. The van der Waals surface area contributed by atoms with Crippen molar-refractivity contribution in [2.75, 3.05) is 6.54 Å². The Balaban J connectivity index is 2.19. The van der Waals surface area contributed by atoms with Crippen LogP contribution in [0.3, 0.4) is 0 Å². The van der Waals surface area contributed by atoms with Gasteiger partial charge in [0.1, 0.15) is 5.69 Å². The standard InChI is InChI=1S/C13H19BrN2O/c1-3-16(11-6-4-5-7-11)13(17)12-8-10(14)9-15(12)2/h8-9,11H,3-7H2,1-2H3. The molecule has 0 unspecified atom stereocenters. The minimum absolute atomic E-state index is 0.160. The first kappa shape index (κ1) is 12.7. The van der Waals surface area contributed by atoms with E-state index in [4.69, 9.17) is 0 Å². The van der Waals surface area contributed by atoms with Crippen LogP contribution in [-0.2, 0) is 7.05 Å². The number of aryl methyl sites for hydroxylation is 1. The van der Waals surface area contributed by atoms with E-state index in [1.54, 1.807) is 0 Å². The molecule has 1 aliphatic carbocycles. The van der Waals surface area contributed by atoms with Crippen LogP contribution >= 0.6 is 15.9 Å². The summed E-state index contributed by atoms with van der Waals surface area (Å²) < 4.78 is 2.86. The normalized spacial score (nSPS) is 16.4. The number of rotatable bonds is 3. The Morgan fingerprint density at radius 1 is 1.53 bits per heavy atom. The van der Waals surface area contributed by atoms with Gasteiger partial charge in [-0.1, -0.05) is 12.8 Å². The molecule has 0 radical (unpaired) electrons. The first-order chi connectivity index (χ1) is 8.13. The fourth-order valence-corrected chi connectivity index (χ4v) is 3.19. The number of aromatic nitrogens is 1. The molecular formula is C13H19BrN2O. The Hall–Kier alpha value is -0.770.